The Morgan fingerprint density at radius 3 is 3.00 bits per heavy atom. The molecule has 5 nitrogen and oxygen atoms in total. The topological polar surface area (TPSA) is 80.9 Å². The zero-order valence-corrected chi connectivity index (χ0v) is 9.83. The second-order valence-electron chi connectivity index (χ2n) is 3.07. The van der Waals surface area contributed by atoms with Crippen molar-refractivity contribution in [2.75, 3.05) is 11.9 Å². The highest BCUT2D eigenvalue weighted by atomic mass is 79.9. The van der Waals surface area contributed by atoms with E-state index in [4.69, 9.17) is 5.73 Å². The van der Waals surface area contributed by atoms with Crippen molar-refractivity contribution in [1.29, 1.82) is 0 Å². The van der Waals surface area contributed by atoms with Crippen LogP contribution in [0.5, 0.6) is 0 Å². The highest BCUT2D eigenvalue weighted by molar-refractivity contribution is 9.10. The molecule has 0 aliphatic heterocycles. The van der Waals surface area contributed by atoms with Crippen LogP contribution in [0.4, 0.5) is 5.82 Å². The molecule has 0 aliphatic rings. The Kier molecular flexibility index (Phi) is 5.03. The van der Waals surface area contributed by atoms with Gasteiger partial charge < -0.3 is 11.1 Å². The molecule has 3 N–H and O–H groups in total. The van der Waals surface area contributed by atoms with Crippen molar-refractivity contribution in [2.24, 2.45) is 5.73 Å². The zero-order chi connectivity index (χ0) is 11.1. The van der Waals surface area contributed by atoms with Gasteiger partial charge in [0.25, 0.3) is 0 Å². The van der Waals surface area contributed by atoms with Crippen LogP contribution in [-0.2, 0) is 4.79 Å². The molecule has 6 heteroatoms. The average Bonchev–Trinajstić information content (AvgIpc) is 2.20. The number of primary amides is 1. The molecule has 15 heavy (non-hydrogen) atoms. The summed E-state index contributed by atoms with van der Waals surface area (Å²) in [7, 11) is 0. The Hall–Kier alpha value is -1.17. The van der Waals surface area contributed by atoms with Crippen molar-refractivity contribution in [1.82, 2.24) is 9.97 Å². The Balaban J connectivity index is 2.21. The number of nitrogens with one attached hydrogen (secondary N) is 1. The summed E-state index contributed by atoms with van der Waals surface area (Å²) < 4.78 is 0.833. The van der Waals surface area contributed by atoms with Crippen LogP contribution in [0, 0.1) is 0 Å². The van der Waals surface area contributed by atoms with Crippen LogP contribution in [-0.4, -0.2) is 22.4 Å². The monoisotopic (exact) mass is 272 g/mol. The largest absolute Gasteiger partial charge is 0.370 e. The number of carbonyl (C=O) groups excluding carboxylic acids is 1. The van der Waals surface area contributed by atoms with Gasteiger partial charge in [0.2, 0.25) is 5.91 Å². The first-order chi connectivity index (χ1) is 7.20. The molecule has 82 valence electrons. The van der Waals surface area contributed by atoms with E-state index in [0.29, 0.717) is 6.42 Å². The number of hydrogen-bond acceptors (Lipinski definition) is 4. The van der Waals surface area contributed by atoms with Gasteiger partial charge in [0.1, 0.15) is 12.1 Å². The normalized spacial score (nSPS) is 9.93. The van der Waals surface area contributed by atoms with Gasteiger partial charge in [-0.05, 0) is 28.8 Å². The third-order valence-corrected chi connectivity index (χ3v) is 2.39. The third-order valence-electron chi connectivity index (χ3n) is 1.81. The smallest absolute Gasteiger partial charge is 0.217 e. The molecule has 0 unspecified atom stereocenters. The van der Waals surface area contributed by atoms with Crippen LogP contribution in [0.1, 0.15) is 19.3 Å². The summed E-state index contributed by atoms with van der Waals surface area (Å²) in [5.74, 6) is 0.516. The molecule has 0 aromatic carbocycles. The molecule has 1 heterocycles. The Labute approximate surface area is 96.6 Å². The van der Waals surface area contributed by atoms with E-state index in [-0.39, 0.29) is 5.91 Å². The number of rotatable bonds is 6. The predicted molar refractivity (Wildman–Crippen MR) is 61.3 cm³/mol. The summed E-state index contributed by atoms with van der Waals surface area (Å²) in [6, 6.07) is 0. The number of anilines is 1. The van der Waals surface area contributed by atoms with Crippen LogP contribution in [0.25, 0.3) is 0 Å². The predicted octanol–water partition coefficient (Wildman–Crippen LogP) is 1.31. The van der Waals surface area contributed by atoms with Gasteiger partial charge in [-0.15, -0.1) is 0 Å². The summed E-state index contributed by atoms with van der Waals surface area (Å²) in [6.45, 7) is 0.767. The van der Waals surface area contributed by atoms with Gasteiger partial charge in [-0.1, -0.05) is 0 Å². The molecule has 0 bridgehead atoms. The van der Waals surface area contributed by atoms with E-state index in [1.807, 2.05) is 0 Å². The van der Waals surface area contributed by atoms with Gasteiger partial charge in [0, 0.05) is 19.2 Å². The van der Waals surface area contributed by atoms with Crippen LogP contribution in [0.3, 0.4) is 0 Å². The van der Waals surface area contributed by atoms with E-state index < -0.39 is 0 Å². The first-order valence-electron chi connectivity index (χ1n) is 4.68. The highest BCUT2D eigenvalue weighted by Crippen LogP contribution is 2.16. The van der Waals surface area contributed by atoms with Gasteiger partial charge in [-0.3, -0.25) is 4.79 Å². The molecule has 0 saturated heterocycles. The third kappa shape index (κ3) is 4.73. The average molecular weight is 273 g/mol. The van der Waals surface area contributed by atoms with E-state index in [2.05, 4.69) is 31.2 Å². The summed E-state index contributed by atoms with van der Waals surface area (Å²) in [6.07, 6.45) is 5.28. The van der Waals surface area contributed by atoms with Crippen LogP contribution in [0.15, 0.2) is 17.0 Å². The van der Waals surface area contributed by atoms with E-state index >= 15 is 0 Å². The number of hydrogen-bond donors (Lipinski definition) is 2. The second-order valence-corrected chi connectivity index (χ2v) is 3.92. The molecular weight excluding hydrogens is 260 g/mol. The summed E-state index contributed by atoms with van der Waals surface area (Å²) in [5.41, 5.74) is 5.02. The molecule has 0 aliphatic carbocycles. The van der Waals surface area contributed by atoms with Crippen molar-refractivity contribution in [3.05, 3.63) is 17.0 Å². The van der Waals surface area contributed by atoms with Gasteiger partial charge >= 0.3 is 0 Å². The maximum Gasteiger partial charge on any atom is 0.217 e. The molecule has 1 aromatic heterocycles. The molecule has 0 atom stereocenters. The minimum atomic E-state index is -0.252. The van der Waals surface area contributed by atoms with Crippen molar-refractivity contribution in [2.45, 2.75) is 19.3 Å². The minimum absolute atomic E-state index is 0.252. The van der Waals surface area contributed by atoms with Crippen LogP contribution >= 0.6 is 15.9 Å². The fraction of sp³-hybridized carbons (Fsp3) is 0.444. The van der Waals surface area contributed by atoms with Crippen molar-refractivity contribution in [3.63, 3.8) is 0 Å². The summed E-state index contributed by atoms with van der Waals surface area (Å²) in [4.78, 5) is 18.4. The van der Waals surface area contributed by atoms with Crippen molar-refractivity contribution in [3.8, 4) is 0 Å². The van der Waals surface area contributed by atoms with Crippen molar-refractivity contribution < 1.29 is 4.79 Å². The number of nitrogens with two attached hydrogens (primary N) is 1. The van der Waals surface area contributed by atoms with Gasteiger partial charge in [0.05, 0.1) is 4.47 Å². The molecule has 0 fully saturated rings. The van der Waals surface area contributed by atoms with Gasteiger partial charge in [-0.2, -0.15) is 0 Å². The number of halogens is 1. The lowest BCUT2D eigenvalue weighted by Gasteiger charge is -2.05. The van der Waals surface area contributed by atoms with Crippen LogP contribution in [0.2, 0.25) is 0 Å². The van der Waals surface area contributed by atoms with E-state index in [9.17, 15) is 4.79 Å². The maximum absolute atomic E-state index is 10.5. The van der Waals surface area contributed by atoms with Gasteiger partial charge in [0.15, 0.2) is 0 Å². The molecule has 1 rings (SSSR count). The Morgan fingerprint density at radius 1 is 1.53 bits per heavy atom. The minimum Gasteiger partial charge on any atom is -0.370 e. The molecule has 0 saturated carbocycles. The molecule has 1 amide bonds. The Morgan fingerprint density at radius 2 is 2.33 bits per heavy atom. The number of nitrogens with zero attached hydrogens (tertiary/aromatic N) is 2. The lowest BCUT2D eigenvalue weighted by atomic mass is 10.2. The summed E-state index contributed by atoms with van der Waals surface area (Å²) in [5, 5.41) is 3.14. The first-order valence-corrected chi connectivity index (χ1v) is 5.47. The van der Waals surface area contributed by atoms with E-state index in [1.54, 1.807) is 6.20 Å². The lowest BCUT2D eigenvalue weighted by Crippen LogP contribution is -2.11. The first kappa shape index (κ1) is 11.9. The fourth-order valence-corrected chi connectivity index (χ4v) is 1.43. The molecule has 0 radical (unpaired) electrons. The molecular formula is C9H13BrN4O. The number of unbranched alkanes of at least 4 members (excludes halogenated alkanes) is 1. The molecule has 1 aromatic rings. The SMILES string of the molecule is NC(=O)CCCCNc1ncncc1Br. The maximum atomic E-state index is 10.5. The van der Waals surface area contributed by atoms with Crippen molar-refractivity contribution >= 4 is 27.7 Å². The zero-order valence-electron chi connectivity index (χ0n) is 8.24. The number of amides is 1. The van der Waals surface area contributed by atoms with E-state index in [1.165, 1.54) is 6.33 Å². The van der Waals surface area contributed by atoms with E-state index in [0.717, 1.165) is 29.7 Å². The number of carbonyl (C=O) groups is 1. The quantitative estimate of drug-likeness (QED) is 0.766. The fourth-order valence-electron chi connectivity index (χ4n) is 1.07. The number of aromatic nitrogens is 2. The summed E-state index contributed by atoms with van der Waals surface area (Å²) >= 11 is 3.33. The lowest BCUT2D eigenvalue weighted by molar-refractivity contribution is -0.118. The van der Waals surface area contributed by atoms with Crippen LogP contribution < -0.4 is 11.1 Å². The highest BCUT2D eigenvalue weighted by Gasteiger charge is 1.99. The molecule has 0 spiro atoms. The standard InChI is InChI=1S/C9H13BrN4O/c10-7-5-12-6-14-9(7)13-4-2-1-3-8(11)15/h5-6H,1-4H2,(H2,11,15)(H,12,13,14). The second kappa shape index (κ2) is 6.34. The Bertz CT molecular complexity index is 332. The van der Waals surface area contributed by atoms with Gasteiger partial charge in [-0.25, -0.2) is 9.97 Å².